The Morgan fingerprint density at radius 3 is 2.42 bits per heavy atom. The molecule has 0 aliphatic carbocycles. The Kier molecular flexibility index (Phi) is 5.17. The molecule has 0 atom stereocenters. The van der Waals surface area contributed by atoms with Crippen molar-refractivity contribution >= 4 is 23.4 Å². The van der Waals surface area contributed by atoms with E-state index in [1.165, 1.54) is 7.05 Å². The van der Waals surface area contributed by atoms with Gasteiger partial charge in [0.2, 0.25) is 0 Å². The molecule has 0 saturated heterocycles. The third-order valence-electron chi connectivity index (χ3n) is 1.36. The van der Waals surface area contributed by atoms with E-state index in [9.17, 15) is 0 Å². The van der Waals surface area contributed by atoms with Gasteiger partial charge in [0, 0.05) is 5.39 Å². The maximum atomic E-state index is 5.12. The third-order valence-corrected chi connectivity index (χ3v) is 1.36. The van der Waals surface area contributed by atoms with Gasteiger partial charge in [0.1, 0.15) is 5.58 Å². The van der Waals surface area contributed by atoms with E-state index in [-0.39, 0.29) is 12.4 Å². The summed E-state index contributed by atoms with van der Waals surface area (Å²) in [4.78, 5) is 0. The van der Waals surface area contributed by atoms with E-state index in [1.807, 2.05) is 30.3 Å². The van der Waals surface area contributed by atoms with Crippen LogP contribution in [0.5, 0.6) is 0 Å². The Balaban J connectivity index is 0.000000378. The second-order valence-electron chi connectivity index (χ2n) is 1.96. The molecule has 1 heterocycles. The molecule has 0 amide bonds. The van der Waals surface area contributed by atoms with Crippen LogP contribution < -0.4 is 5.73 Å². The zero-order valence-corrected chi connectivity index (χ0v) is 7.67. The van der Waals surface area contributed by atoms with E-state index in [4.69, 9.17) is 4.42 Å². The smallest absolute Gasteiger partial charge is 0.133 e. The Labute approximate surface area is 77.8 Å². The molecule has 0 fully saturated rings. The summed E-state index contributed by atoms with van der Waals surface area (Å²) in [5.41, 5.74) is 5.46. The molecule has 2 aromatic rings. The van der Waals surface area contributed by atoms with Gasteiger partial charge in [0.15, 0.2) is 0 Å². The molecule has 0 radical (unpaired) electrons. The molecular formula is C9H12ClNO. The summed E-state index contributed by atoms with van der Waals surface area (Å²) in [6, 6.07) is 9.90. The molecule has 12 heavy (non-hydrogen) atoms. The zero-order valence-electron chi connectivity index (χ0n) is 6.86. The summed E-state index contributed by atoms with van der Waals surface area (Å²) in [5, 5.41) is 1.16. The molecule has 2 N–H and O–H groups in total. The molecule has 0 aliphatic rings. The maximum Gasteiger partial charge on any atom is 0.133 e. The van der Waals surface area contributed by atoms with E-state index in [2.05, 4.69) is 5.73 Å². The lowest BCUT2D eigenvalue weighted by Gasteiger charge is -1.81. The van der Waals surface area contributed by atoms with Gasteiger partial charge < -0.3 is 10.2 Å². The number of para-hydroxylation sites is 1. The number of rotatable bonds is 0. The van der Waals surface area contributed by atoms with Crippen LogP contribution in [-0.4, -0.2) is 7.05 Å². The fraction of sp³-hybridized carbons (Fsp3) is 0.111. The van der Waals surface area contributed by atoms with E-state index in [1.54, 1.807) is 6.26 Å². The summed E-state index contributed by atoms with van der Waals surface area (Å²) in [6.45, 7) is 0. The van der Waals surface area contributed by atoms with Crippen LogP contribution in [0.25, 0.3) is 11.0 Å². The summed E-state index contributed by atoms with van der Waals surface area (Å²) >= 11 is 0. The van der Waals surface area contributed by atoms with Crippen LogP contribution in [0, 0.1) is 0 Å². The highest BCUT2D eigenvalue weighted by Gasteiger charge is 1.89. The van der Waals surface area contributed by atoms with Gasteiger partial charge in [-0.1, -0.05) is 18.2 Å². The van der Waals surface area contributed by atoms with Gasteiger partial charge in [0.25, 0.3) is 0 Å². The van der Waals surface area contributed by atoms with E-state index < -0.39 is 0 Å². The Bertz CT molecular complexity index is 289. The van der Waals surface area contributed by atoms with Crippen LogP contribution in [0.1, 0.15) is 0 Å². The van der Waals surface area contributed by atoms with Gasteiger partial charge in [-0.15, -0.1) is 12.4 Å². The van der Waals surface area contributed by atoms with Crippen molar-refractivity contribution in [3.63, 3.8) is 0 Å². The second-order valence-corrected chi connectivity index (χ2v) is 1.96. The van der Waals surface area contributed by atoms with Crippen LogP contribution in [0.3, 0.4) is 0 Å². The van der Waals surface area contributed by atoms with Gasteiger partial charge in [-0.3, -0.25) is 0 Å². The lowest BCUT2D eigenvalue weighted by Crippen LogP contribution is -1.69. The Morgan fingerprint density at radius 2 is 1.75 bits per heavy atom. The lowest BCUT2D eigenvalue weighted by molar-refractivity contribution is 0.616. The first-order valence-corrected chi connectivity index (χ1v) is 3.47. The zero-order chi connectivity index (χ0) is 8.10. The molecule has 2 rings (SSSR count). The molecule has 3 heteroatoms. The highest BCUT2D eigenvalue weighted by Crippen LogP contribution is 2.12. The van der Waals surface area contributed by atoms with Crippen LogP contribution in [-0.2, 0) is 0 Å². The Morgan fingerprint density at radius 1 is 1.08 bits per heavy atom. The van der Waals surface area contributed by atoms with E-state index >= 15 is 0 Å². The predicted molar refractivity (Wildman–Crippen MR) is 53.6 cm³/mol. The average Bonchev–Trinajstić information content (AvgIpc) is 2.55. The fourth-order valence-corrected chi connectivity index (χ4v) is 0.906. The molecule has 0 spiro atoms. The number of hydrogen-bond acceptors (Lipinski definition) is 2. The minimum atomic E-state index is 0. The number of fused-ring (bicyclic) bond motifs is 1. The summed E-state index contributed by atoms with van der Waals surface area (Å²) in [7, 11) is 1.50. The predicted octanol–water partition coefficient (Wildman–Crippen LogP) is 2.43. The number of furan rings is 1. The van der Waals surface area contributed by atoms with Crippen molar-refractivity contribution in [1.29, 1.82) is 0 Å². The summed E-state index contributed by atoms with van der Waals surface area (Å²) in [6.07, 6.45) is 1.70. The van der Waals surface area contributed by atoms with Crippen LogP contribution in [0.4, 0.5) is 0 Å². The third kappa shape index (κ3) is 2.26. The molecule has 1 aromatic heterocycles. The fourth-order valence-electron chi connectivity index (χ4n) is 0.906. The first-order chi connectivity index (χ1) is 5.47. The number of benzene rings is 1. The maximum absolute atomic E-state index is 5.12. The second kappa shape index (κ2) is 5.63. The van der Waals surface area contributed by atoms with Crippen LogP contribution in [0.2, 0.25) is 0 Å². The quantitative estimate of drug-likeness (QED) is 0.685. The van der Waals surface area contributed by atoms with Gasteiger partial charge in [-0.25, -0.2) is 0 Å². The minimum Gasteiger partial charge on any atom is -0.464 e. The average molecular weight is 186 g/mol. The molecule has 0 saturated carbocycles. The molecular weight excluding hydrogens is 174 g/mol. The van der Waals surface area contributed by atoms with Crippen molar-refractivity contribution in [2.75, 3.05) is 7.05 Å². The summed E-state index contributed by atoms with van der Waals surface area (Å²) < 4.78 is 5.12. The number of nitrogens with two attached hydrogens (primary N) is 1. The van der Waals surface area contributed by atoms with Crippen molar-refractivity contribution in [3.05, 3.63) is 36.6 Å². The standard InChI is InChI=1S/C8H6O.CH5N.ClH/c1-2-4-8-7(3-1)5-6-9-8;1-2;/h1-6H;2H2,1H3;1H. The van der Waals surface area contributed by atoms with Gasteiger partial charge >= 0.3 is 0 Å². The molecule has 0 aliphatic heterocycles. The number of halogens is 1. The highest BCUT2D eigenvalue weighted by molar-refractivity contribution is 5.85. The molecule has 0 unspecified atom stereocenters. The molecule has 1 aromatic carbocycles. The first-order valence-electron chi connectivity index (χ1n) is 3.47. The van der Waals surface area contributed by atoms with E-state index in [0.29, 0.717) is 0 Å². The van der Waals surface area contributed by atoms with Gasteiger partial charge in [0.05, 0.1) is 6.26 Å². The molecule has 0 bridgehead atoms. The minimum absolute atomic E-state index is 0. The first kappa shape index (κ1) is 11.0. The normalized spacial score (nSPS) is 8.17. The SMILES string of the molecule is CN.Cl.c1ccc2occc2c1. The number of hydrogen-bond donors (Lipinski definition) is 1. The van der Waals surface area contributed by atoms with Crippen molar-refractivity contribution < 1.29 is 4.42 Å². The molecule has 66 valence electrons. The van der Waals surface area contributed by atoms with Crippen LogP contribution >= 0.6 is 12.4 Å². The lowest BCUT2D eigenvalue weighted by atomic mass is 10.3. The van der Waals surface area contributed by atoms with Crippen LogP contribution in [0.15, 0.2) is 41.0 Å². The van der Waals surface area contributed by atoms with Crippen molar-refractivity contribution in [3.8, 4) is 0 Å². The van der Waals surface area contributed by atoms with Crippen molar-refractivity contribution in [2.24, 2.45) is 5.73 Å². The monoisotopic (exact) mass is 185 g/mol. The van der Waals surface area contributed by atoms with E-state index in [0.717, 1.165) is 11.0 Å². The highest BCUT2D eigenvalue weighted by atomic mass is 35.5. The van der Waals surface area contributed by atoms with Gasteiger partial charge in [-0.05, 0) is 19.2 Å². The molecule has 2 nitrogen and oxygen atoms in total. The largest absolute Gasteiger partial charge is 0.464 e. The Hall–Kier alpha value is -0.990. The van der Waals surface area contributed by atoms with Crippen molar-refractivity contribution in [2.45, 2.75) is 0 Å². The summed E-state index contributed by atoms with van der Waals surface area (Å²) in [5.74, 6) is 0. The van der Waals surface area contributed by atoms with Crippen molar-refractivity contribution in [1.82, 2.24) is 0 Å². The van der Waals surface area contributed by atoms with Gasteiger partial charge in [-0.2, -0.15) is 0 Å². The topological polar surface area (TPSA) is 39.2 Å².